The number of aryl methyl sites for hydroxylation is 1. The van der Waals surface area contributed by atoms with Crippen molar-refractivity contribution in [3.63, 3.8) is 0 Å². The molecule has 0 radical (unpaired) electrons. The average molecular weight is 358 g/mol. The van der Waals surface area contributed by atoms with Gasteiger partial charge in [-0.05, 0) is 35.7 Å². The highest BCUT2D eigenvalue weighted by molar-refractivity contribution is 6.04. The Bertz CT molecular complexity index is 777. The van der Waals surface area contributed by atoms with Gasteiger partial charge in [0, 0.05) is 13.2 Å². The quantitative estimate of drug-likeness (QED) is 0.765. The fourth-order valence-corrected chi connectivity index (χ4v) is 2.20. The lowest BCUT2D eigenvalue weighted by Gasteiger charge is -2.09. The summed E-state index contributed by atoms with van der Waals surface area (Å²) in [5, 5.41) is 2.15. The van der Waals surface area contributed by atoms with Gasteiger partial charge in [0.2, 0.25) is 0 Å². The molecule has 26 heavy (non-hydrogen) atoms. The Morgan fingerprint density at radius 2 is 1.77 bits per heavy atom. The molecule has 0 aliphatic heterocycles. The fraction of sp³-hybridized carbons (Fsp3) is 0.316. The van der Waals surface area contributed by atoms with Crippen LogP contribution in [0.25, 0.3) is 0 Å². The minimum absolute atomic E-state index is 0.319. The van der Waals surface area contributed by atoms with Gasteiger partial charge in [-0.25, -0.2) is 4.79 Å². The van der Waals surface area contributed by atoms with Gasteiger partial charge in [0.05, 0.1) is 0 Å². The first-order valence-corrected chi connectivity index (χ1v) is 8.20. The van der Waals surface area contributed by atoms with Crippen molar-refractivity contribution in [3.8, 4) is 5.75 Å². The number of hydrogen-bond acceptors (Lipinski definition) is 5. The zero-order valence-electron chi connectivity index (χ0n) is 15.0. The molecule has 0 aliphatic rings. The molecule has 2 rings (SSSR count). The molecule has 0 fully saturated rings. The number of hydrogen-bond donors (Lipinski definition) is 1. The van der Waals surface area contributed by atoms with Gasteiger partial charge in [0.1, 0.15) is 11.4 Å². The van der Waals surface area contributed by atoms with Crippen LogP contribution in [0.3, 0.4) is 0 Å². The molecule has 138 valence electrons. The van der Waals surface area contributed by atoms with Gasteiger partial charge in [-0.2, -0.15) is 0 Å². The summed E-state index contributed by atoms with van der Waals surface area (Å²) < 4.78 is 11.7. The number of nitrogens with one attached hydrogen (secondary N) is 1. The minimum atomic E-state index is -0.703. The molecular weight excluding hydrogens is 336 g/mol. The van der Waals surface area contributed by atoms with E-state index < -0.39 is 24.4 Å². The van der Waals surface area contributed by atoms with Gasteiger partial charge >= 0.3 is 5.97 Å². The Kier molecular flexibility index (Phi) is 6.54. The maximum atomic E-state index is 11.8. The highest BCUT2D eigenvalue weighted by atomic mass is 16.6. The maximum Gasteiger partial charge on any atom is 0.344 e. The highest BCUT2D eigenvalue weighted by Gasteiger charge is 2.14. The first kappa shape index (κ1) is 19.2. The zero-order valence-corrected chi connectivity index (χ0v) is 15.0. The number of amides is 2. The molecule has 0 unspecified atom stereocenters. The van der Waals surface area contributed by atoms with Gasteiger partial charge in [-0.1, -0.05) is 26.0 Å². The number of nitrogens with zero attached hydrogens (tertiary/aromatic N) is 1. The van der Waals surface area contributed by atoms with Gasteiger partial charge < -0.3 is 14.0 Å². The van der Waals surface area contributed by atoms with Gasteiger partial charge in [-0.3, -0.25) is 14.9 Å². The van der Waals surface area contributed by atoms with E-state index in [4.69, 9.17) is 9.47 Å². The van der Waals surface area contributed by atoms with Crippen molar-refractivity contribution in [2.45, 2.75) is 19.8 Å². The monoisotopic (exact) mass is 358 g/mol. The van der Waals surface area contributed by atoms with Gasteiger partial charge in [-0.15, -0.1) is 0 Å². The summed E-state index contributed by atoms with van der Waals surface area (Å²) in [6.07, 6.45) is 1.68. The molecule has 0 bridgehead atoms. The zero-order chi connectivity index (χ0) is 19.1. The van der Waals surface area contributed by atoms with Gasteiger partial charge in [0.15, 0.2) is 13.2 Å². The minimum Gasteiger partial charge on any atom is -0.482 e. The van der Waals surface area contributed by atoms with Crippen LogP contribution >= 0.6 is 0 Å². The molecule has 0 aliphatic carbocycles. The van der Waals surface area contributed by atoms with Crippen molar-refractivity contribution in [1.82, 2.24) is 9.88 Å². The van der Waals surface area contributed by atoms with E-state index in [0.29, 0.717) is 17.4 Å². The summed E-state index contributed by atoms with van der Waals surface area (Å²) in [6, 6.07) is 10.7. The number of carbonyl (C=O) groups is 3. The molecule has 1 N–H and O–H groups in total. The molecular formula is C19H22N2O5. The predicted octanol–water partition coefficient (Wildman–Crippen LogP) is 2.03. The summed E-state index contributed by atoms with van der Waals surface area (Å²) >= 11 is 0. The van der Waals surface area contributed by atoms with Crippen LogP contribution in [0, 0.1) is 0 Å². The molecule has 2 amide bonds. The van der Waals surface area contributed by atoms with E-state index in [0.717, 1.165) is 0 Å². The van der Waals surface area contributed by atoms with Crippen LogP contribution in [-0.2, 0) is 21.4 Å². The lowest BCUT2D eigenvalue weighted by atomic mass is 10.0. The SMILES string of the molecule is CC(C)c1ccc(OCC(=O)OCC(=O)NC(=O)c2cccn2C)cc1. The van der Waals surface area contributed by atoms with E-state index in [2.05, 4.69) is 19.2 Å². The fourth-order valence-electron chi connectivity index (χ4n) is 2.20. The number of esters is 1. The molecule has 7 heteroatoms. The molecule has 0 atom stereocenters. The van der Waals surface area contributed by atoms with E-state index in [1.165, 1.54) is 5.56 Å². The van der Waals surface area contributed by atoms with Crippen molar-refractivity contribution in [3.05, 3.63) is 53.9 Å². The van der Waals surface area contributed by atoms with Crippen molar-refractivity contribution in [2.75, 3.05) is 13.2 Å². The summed E-state index contributed by atoms with van der Waals surface area (Å²) in [6.45, 7) is 3.30. The lowest BCUT2D eigenvalue weighted by molar-refractivity contribution is -0.150. The molecule has 1 aromatic heterocycles. The molecule has 0 spiro atoms. The first-order chi connectivity index (χ1) is 12.4. The van der Waals surface area contributed by atoms with Crippen LogP contribution in [0.4, 0.5) is 0 Å². The maximum absolute atomic E-state index is 11.8. The third kappa shape index (κ3) is 5.47. The first-order valence-electron chi connectivity index (χ1n) is 8.20. The number of imide groups is 1. The third-order valence-corrected chi connectivity index (χ3v) is 3.70. The number of benzene rings is 1. The Balaban J connectivity index is 1.72. The van der Waals surface area contributed by atoms with E-state index in [9.17, 15) is 14.4 Å². The van der Waals surface area contributed by atoms with Crippen molar-refractivity contribution >= 4 is 17.8 Å². The van der Waals surface area contributed by atoms with Crippen molar-refractivity contribution < 1.29 is 23.9 Å². The van der Waals surface area contributed by atoms with E-state index in [-0.39, 0.29) is 6.61 Å². The Labute approximate surface area is 151 Å². The molecule has 7 nitrogen and oxygen atoms in total. The average Bonchev–Trinajstić information content (AvgIpc) is 3.04. The van der Waals surface area contributed by atoms with Crippen LogP contribution in [0.15, 0.2) is 42.6 Å². The summed E-state index contributed by atoms with van der Waals surface area (Å²) in [5.74, 6) is -1.01. The highest BCUT2D eigenvalue weighted by Crippen LogP contribution is 2.18. The van der Waals surface area contributed by atoms with Crippen molar-refractivity contribution in [2.24, 2.45) is 7.05 Å². The molecule has 1 heterocycles. The van der Waals surface area contributed by atoms with Crippen LogP contribution < -0.4 is 10.1 Å². The van der Waals surface area contributed by atoms with Crippen molar-refractivity contribution in [1.29, 1.82) is 0 Å². The van der Waals surface area contributed by atoms with Crippen LogP contribution in [0.5, 0.6) is 5.75 Å². The second-order valence-electron chi connectivity index (χ2n) is 6.05. The molecule has 0 saturated heterocycles. The summed E-state index contributed by atoms with van der Waals surface area (Å²) in [7, 11) is 1.68. The van der Waals surface area contributed by atoms with E-state index in [1.807, 2.05) is 12.1 Å². The molecule has 2 aromatic rings. The van der Waals surface area contributed by atoms with Crippen LogP contribution in [-0.4, -0.2) is 35.6 Å². The second kappa shape index (κ2) is 8.84. The molecule has 1 aromatic carbocycles. The number of ether oxygens (including phenoxy) is 2. The normalized spacial score (nSPS) is 10.5. The predicted molar refractivity (Wildman–Crippen MR) is 94.9 cm³/mol. The third-order valence-electron chi connectivity index (χ3n) is 3.70. The number of rotatable bonds is 7. The topological polar surface area (TPSA) is 86.6 Å². The second-order valence-corrected chi connectivity index (χ2v) is 6.05. The summed E-state index contributed by atoms with van der Waals surface area (Å²) in [5.41, 5.74) is 1.50. The van der Waals surface area contributed by atoms with Gasteiger partial charge in [0.25, 0.3) is 11.8 Å². The Hall–Kier alpha value is -3.09. The van der Waals surface area contributed by atoms with E-state index >= 15 is 0 Å². The Morgan fingerprint density at radius 3 is 2.35 bits per heavy atom. The van der Waals surface area contributed by atoms with Crippen LogP contribution in [0.1, 0.15) is 35.8 Å². The number of aromatic nitrogens is 1. The van der Waals surface area contributed by atoms with Crippen LogP contribution in [0.2, 0.25) is 0 Å². The largest absolute Gasteiger partial charge is 0.482 e. The Morgan fingerprint density at radius 1 is 1.08 bits per heavy atom. The lowest BCUT2D eigenvalue weighted by Crippen LogP contribution is -2.35. The standard InChI is InChI=1S/C19H22N2O5/c1-13(2)14-6-8-15(9-7-14)25-12-18(23)26-11-17(22)20-19(24)16-5-4-10-21(16)3/h4-10,13H,11-12H2,1-3H3,(H,20,22,24). The molecule has 0 saturated carbocycles. The summed E-state index contributed by atoms with van der Waals surface area (Å²) in [4.78, 5) is 35.2. The smallest absolute Gasteiger partial charge is 0.344 e. The number of carbonyl (C=O) groups excluding carboxylic acids is 3. The van der Waals surface area contributed by atoms with E-state index in [1.54, 1.807) is 42.1 Å².